The molecule has 122 valence electrons. The highest BCUT2D eigenvalue weighted by molar-refractivity contribution is 8.23. The van der Waals surface area contributed by atoms with Crippen LogP contribution in [0.2, 0.25) is 0 Å². The third-order valence-corrected chi connectivity index (χ3v) is 5.02. The summed E-state index contributed by atoms with van der Waals surface area (Å²) in [5.41, 5.74) is 0.586. The molecule has 1 rings (SSSR count). The first-order chi connectivity index (χ1) is 10.3. The highest BCUT2D eigenvalue weighted by Gasteiger charge is 2.18. The minimum Gasteiger partial charge on any atom is -0.466 e. The minimum atomic E-state index is -0.328. The maximum atomic E-state index is 12.1. The maximum absolute atomic E-state index is 12.1. The number of hydrogen-bond donors (Lipinski definition) is 1. The Kier molecular flexibility index (Phi) is 7.77. The van der Waals surface area contributed by atoms with Crippen molar-refractivity contribution in [1.29, 1.82) is 0 Å². The van der Waals surface area contributed by atoms with Gasteiger partial charge in [0.2, 0.25) is 5.91 Å². The summed E-state index contributed by atoms with van der Waals surface area (Å²) in [5, 5.41) is 4.60. The van der Waals surface area contributed by atoms with E-state index < -0.39 is 0 Å². The van der Waals surface area contributed by atoms with Crippen LogP contribution >= 0.6 is 35.3 Å². The van der Waals surface area contributed by atoms with E-state index in [-0.39, 0.29) is 23.5 Å². The molecule has 0 saturated carbocycles. The van der Waals surface area contributed by atoms with Crippen molar-refractivity contribution in [2.45, 2.75) is 25.5 Å². The summed E-state index contributed by atoms with van der Waals surface area (Å²) >= 11 is 7.74. The number of rotatable bonds is 6. The van der Waals surface area contributed by atoms with Crippen LogP contribution in [0.5, 0.6) is 0 Å². The molecule has 0 aliphatic carbocycles. The molecule has 0 aliphatic heterocycles. The van der Waals surface area contributed by atoms with E-state index in [2.05, 4.69) is 10.3 Å². The van der Waals surface area contributed by atoms with Gasteiger partial charge in [-0.3, -0.25) is 9.59 Å². The van der Waals surface area contributed by atoms with E-state index in [4.69, 9.17) is 17.0 Å². The summed E-state index contributed by atoms with van der Waals surface area (Å²) < 4.78 is 5.50. The van der Waals surface area contributed by atoms with Crippen molar-refractivity contribution in [3.05, 3.63) is 11.1 Å². The Morgan fingerprint density at radius 1 is 1.55 bits per heavy atom. The SMILES string of the molecule is CCOC(=O)Cc1csc(NC(=O)C(C)SC(=S)N(C)C)n1. The molecule has 9 heteroatoms. The number of anilines is 1. The third kappa shape index (κ3) is 6.29. The van der Waals surface area contributed by atoms with Crippen molar-refractivity contribution >= 4 is 56.6 Å². The molecule has 1 N–H and O–H groups in total. The Morgan fingerprint density at radius 2 is 2.23 bits per heavy atom. The van der Waals surface area contributed by atoms with Gasteiger partial charge in [0.1, 0.15) is 4.32 Å². The number of esters is 1. The smallest absolute Gasteiger partial charge is 0.311 e. The average molecular weight is 362 g/mol. The number of thiazole rings is 1. The number of hydrogen-bond acceptors (Lipinski definition) is 7. The summed E-state index contributed by atoms with van der Waals surface area (Å²) in [7, 11) is 3.67. The van der Waals surface area contributed by atoms with Gasteiger partial charge in [-0.25, -0.2) is 4.98 Å². The molecule has 1 heterocycles. The lowest BCUT2D eigenvalue weighted by Crippen LogP contribution is -2.27. The molecule has 1 unspecified atom stereocenters. The normalized spacial score (nSPS) is 11.6. The van der Waals surface area contributed by atoms with Crippen LogP contribution in [0.3, 0.4) is 0 Å². The summed E-state index contributed by atoms with van der Waals surface area (Å²) in [6, 6.07) is 0. The maximum Gasteiger partial charge on any atom is 0.311 e. The molecule has 1 aromatic heterocycles. The van der Waals surface area contributed by atoms with E-state index in [9.17, 15) is 9.59 Å². The Labute approximate surface area is 143 Å². The molecule has 0 aliphatic rings. The average Bonchev–Trinajstić information content (AvgIpc) is 2.85. The zero-order chi connectivity index (χ0) is 16.7. The van der Waals surface area contributed by atoms with E-state index in [0.717, 1.165) is 0 Å². The fourth-order valence-electron chi connectivity index (χ4n) is 1.32. The highest BCUT2D eigenvalue weighted by Crippen LogP contribution is 2.20. The van der Waals surface area contributed by atoms with E-state index in [1.165, 1.54) is 23.1 Å². The van der Waals surface area contributed by atoms with E-state index in [0.29, 0.717) is 21.8 Å². The van der Waals surface area contributed by atoms with Crippen molar-refractivity contribution in [1.82, 2.24) is 9.88 Å². The van der Waals surface area contributed by atoms with Crippen LogP contribution in [0.4, 0.5) is 5.13 Å². The summed E-state index contributed by atoms with van der Waals surface area (Å²) in [6.45, 7) is 3.87. The van der Waals surface area contributed by atoms with Gasteiger partial charge in [-0.2, -0.15) is 0 Å². The lowest BCUT2D eigenvalue weighted by molar-refractivity contribution is -0.142. The van der Waals surface area contributed by atoms with Gasteiger partial charge in [0, 0.05) is 19.5 Å². The fraction of sp³-hybridized carbons (Fsp3) is 0.538. The highest BCUT2D eigenvalue weighted by atomic mass is 32.2. The Morgan fingerprint density at radius 3 is 2.82 bits per heavy atom. The summed E-state index contributed by atoms with van der Waals surface area (Å²) in [6.07, 6.45) is 0.106. The van der Waals surface area contributed by atoms with Crippen LogP contribution < -0.4 is 5.32 Å². The molecule has 1 atom stereocenters. The number of amides is 1. The molecule has 1 aromatic rings. The van der Waals surface area contributed by atoms with Crippen molar-refractivity contribution < 1.29 is 14.3 Å². The first kappa shape index (κ1) is 18.9. The number of aromatic nitrogens is 1. The van der Waals surface area contributed by atoms with E-state index in [1.807, 2.05) is 14.1 Å². The predicted octanol–water partition coefficient (Wildman–Crippen LogP) is 2.16. The first-order valence-electron chi connectivity index (χ1n) is 6.62. The van der Waals surface area contributed by atoms with E-state index in [1.54, 1.807) is 24.1 Å². The first-order valence-corrected chi connectivity index (χ1v) is 8.79. The lowest BCUT2D eigenvalue weighted by Gasteiger charge is -2.16. The number of nitrogens with one attached hydrogen (secondary N) is 1. The molecule has 0 bridgehead atoms. The number of thiocarbonyl (C=S) groups is 1. The zero-order valence-electron chi connectivity index (χ0n) is 12.9. The van der Waals surface area contributed by atoms with Crippen LogP contribution in [-0.4, -0.2) is 52.0 Å². The van der Waals surface area contributed by atoms with Gasteiger partial charge < -0.3 is 15.0 Å². The number of carbonyl (C=O) groups excluding carboxylic acids is 2. The number of ether oxygens (including phenoxy) is 1. The molecule has 0 radical (unpaired) electrons. The Balaban J connectivity index is 2.53. The zero-order valence-corrected chi connectivity index (χ0v) is 15.4. The summed E-state index contributed by atoms with van der Waals surface area (Å²) in [4.78, 5) is 29.4. The molecule has 0 aromatic carbocycles. The van der Waals surface area contributed by atoms with Gasteiger partial charge in [-0.15, -0.1) is 11.3 Å². The monoisotopic (exact) mass is 361 g/mol. The Bertz CT molecular complexity index is 546. The third-order valence-electron chi connectivity index (χ3n) is 2.42. The van der Waals surface area contributed by atoms with Crippen LogP contribution in [0, 0.1) is 0 Å². The topological polar surface area (TPSA) is 71.5 Å². The van der Waals surface area contributed by atoms with Crippen LogP contribution in [0.15, 0.2) is 5.38 Å². The predicted molar refractivity (Wildman–Crippen MR) is 94.4 cm³/mol. The number of carbonyl (C=O) groups is 2. The number of nitrogens with zero attached hydrogens (tertiary/aromatic N) is 2. The standard InChI is InChI=1S/C13H19N3O3S3/c1-5-19-10(17)6-9-7-21-12(14-9)15-11(18)8(2)22-13(20)16(3)4/h7-8H,5-6H2,1-4H3,(H,14,15,18). The van der Waals surface area contributed by atoms with Crippen LogP contribution in [0.25, 0.3) is 0 Å². The van der Waals surface area contributed by atoms with Gasteiger partial charge in [0.05, 0.1) is 24.0 Å². The van der Waals surface area contributed by atoms with Crippen molar-refractivity contribution in [3.63, 3.8) is 0 Å². The fourth-order valence-corrected chi connectivity index (χ4v) is 3.15. The van der Waals surface area contributed by atoms with Crippen molar-refractivity contribution in [3.8, 4) is 0 Å². The molecule has 0 spiro atoms. The molecule has 1 amide bonds. The van der Waals surface area contributed by atoms with Crippen LogP contribution in [-0.2, 0) is 20.7 Å². The molecular weight excluding hydrogens is 342 g/mol. The quantitative estimate of drug-likeness (QED) is 0.615. The Hall–Kier alpha value is -1.19. The van der Waals surface area contributed by atoms with Crippen LogP contribution in [0.1, 0.15) is 19.5 Å². The van der Waals surface area contributed by atoms with Gasteiger partial charge in [-0.05, 0) is 13.8 Å². The summed E-state index contributed by atoms with van der Waals surface area (Å²) in [5.74, 6) is -0.503. The molecule has 0 fully saturated rings. The van der Waals surface area contributed by atoms with Gasteiger partial charge in [-0.1, -0.05) is 24.0 Å². The van der Waals surface area contributed by atoms with Gasteiger partial charge in [0.25, 0.3) is 0 Å². The van der Waals surface area contributed by atoms with Gasteiger partial charge >= 0.3 is 5.97 Å². The molecule has 0 saturated heterocycles. The molecule has 22 heavy (non-hydrogen) atoms. The van der Waals surface area contributed by atoms with Crippen molar-refractivity contribution in [2.75, 3.05) is 26.0 Å². The largest absolute Gasteiger partial charge is 0.466 e. The number of thioether (sulfide) groups is 1. The minimum absolute atomic E-state index is 0.106. The molecule has 6 nitrogen and oxygen atoms in total. The lowest BCUT2D eigenvalue weighted by atomic mass is 10.3. The second-order valence-electron chi connectivity index (χ2n) is 4.54. The second kappa shape index (κ2) is 9.06. The van der Waals surface area contributed by atoms with Gasteiger partial charge in [0.15, 0.2) is 5.13 Å². The van der Waals surface area contributed by atoms with E-state index >= 15 is 0 Å². The van der Waals surface area contributed by atoms with Crippen molar-refractivity contribution in [2.24, 2.45) is 0 Å². The second-order valence-corrected chi connectivity index (χ2v) is 7.37. The molecular formula is C13H19N3O3S3.